The van der Waals surface area contributed by atoms with E-state index in [1.807, 2.05) is 24.3 Å². The molecule has 0 aliphatic heterocycles. The molecule has 0 radical (unpaired) electrons. The lowest BCUT2D eigenvalue weighted by molar-refractivity contribution is 1.08. The number of aromatic nitrogens is 4. The quantitative estimate of drug-likeness (QED) is 0.203. The Kier molecular flexibility index (Phi) is 4.55. The highest BCUT2D eigenvalue weighted by molar-refractivity contribution is 6.33. The predicted octanol–water partition coefficient (Wildman–Crippen LogP) is 10.7. The van der Waals surface area contributed by atoms with Crippen LogP contribution >= 0.6 is 0 Å². The SMILES string of the molecule is c1ccc(-c2nc3ccccc3nc2-n2c3cc4ccccc4cc3c3c4c5cccc6c7ccccc7n(c4ccc32)c65)cc1. The summed E-state index contributed by atoms with van der Waals surface area (Å²) < 4.78 is 4.81. The summed E-state index contributed by atoms with van der Waals surface area (Å²) in [6, 6.07) is 52.1. The van der Waals surface area contributed by atoms with Gasteiger partial charge in [-0.05, 0) is 53.2 Å². The van der Waals surface area contributed by atoms with Gasteiger partial charge in [0, 0.05) is 37.9 Å². The Morgan fingerprint density at radius 3 is 1.93 bits per heavy atom. The van der Waals surface area contributed by atoms with Crippen LogP contribution in [-0.2, 0) is 0 Å². The van der Waals surface area contributed by atoms with Gasteiger partial charge in [-0.25, -0.2) is 9.97 Å². The molecule has 0 aliphatic carbocycles. The number of rotatable bonds is 2. The number of hydrogen-bond donors (Lipinski definition) is 0. The van der Waals surface area contributed by atoms with Gasteiger partial charge in [0.05, 0.1) is 38.6 Å². The van der Waals surface area contributed by atoms with Gasteiger partial charge in [-0.1, -0.05) is 103 Å². The summed E-state index contributed by atoms with van der Waals surface area (Å²) in [7, 11) is 0. The van der Waals surface area contributed by atoms with Gasteiger partial charge in [0.2, 0.25) is 0 Å². The van der Waals surface area contributed by atoms with Gasteiger partial charge >= 0.3 is 0 Å². The van der Waals surface area contributed by atoms with Crippen molar-refractivity contribution in [1.82, 2.24) is 18.9 Å². The highest BCUT2D eigenvalue weighted by Crippen LogP contribution is 2.46. The molecule has 11 rings (SSSR count). The third-order valence-corrected chi connectivity index (χ3v) is 9.79. The molecule has 0 N–H and O–H groups in total. The Morgan fingerprint density at radius 2 is 1.07 bits per heavy atom. The van der Waals surface area contributed by atoms with Crippen LogP contribution in [0.1, 0.15) is 0 Å². The van der Waals surface area contributed by atoms with Crippen LogP contribution in [0.15, 0.2) is 146 Å². The molecule has 212 valence electrons. The first-order valence-electron chi connectivity index (χ1n) is 15.7. The summed E-state index contributed by atoms with van der Waals surface area (Å²) >= 11 is 0. The van der Waals surface area contributed by atoms with E-state index < -0.39 is 0 Å². The minimum Gasteiger partial charge on any atom is -0.308 e. The van der Waals surface area contributed by atoms with Crippen molar-refractivity contribution in [2.24, 2.45) is 0 Å². The molecule has 11 aromatic rings. The van der Waals surface area contributed by atoms with Crippen LogP contribution in [0.2, 0.25) is 0 Å². The fourth-order valence-corrected chi connectivity index (χ4v) is 7.88. The first kappa shape index (κ1) is 24.1. The highest BCUT2D eigenvalue weighted by Gasteiger charge is 2.24. The number of nitrogens with zero attached hydrogens (tertiary/aromatic N) is 4. The van der Waals surface area contributed by atoms with Crippen molar-refractivity contribution in [3.8, 4) is 17.1 Å². The van der Waals surface area contributed by atoms with Crippen LogP contribution in [-0.4, -0.2) is 18.9 Å². The lowest BCUT2D eigenvalue weighted by Crippen LogP contribution is -2.03. The summed E-state index contributed by atoms with van der Waals surface area (Å²) in [6.07, 6.45) is 0. The Labute approximate surface area is 262 Å². The molecule has 4 nitrogen and oxygen atoms in total. The Morgan fingerprint density at radius 1 is 0.413 bits per heavy atom. The fourth-order valence-electron chi connectivity index (χ4n) is 7.88. The predicted molar refractivity (Wildman–Crippen MR) is 191 cm³/mol. The third-order valence-electron chi connectivity index (χ3n) is 9.79. The zero-order chi connectivity index (χ0) is 29.9. The molecule has 4 heterocycles. The Balaban J connectivity index is 1.39. The van der Waals surface area contributed by atoms with Crippen molar-refractivity contribution < 1.29 is 0 Å². The molecule has 4 heteroatoms. The van der Waals surface area contributed by atoms with Crippen molar-refractivity contribution in [2.75, 3.05) is 0 Å². The minimum absolute atomic E-state index is 0.835. The van der Waals surface area contributed by atoms with E-state index >= 15 is 0 Å². The normalized spacial score (nSPS) is 12.3. The maximum absolute atomic E-state index is 5.37. The minimum atomic E-state index is 0.835. The summed E-state index contributed by atoms with van der Waals surface area (Å²) in [5.41, 5.74) is 9.66. The zero-order valence-corrected chi connectivity index (χ0v) is 24.6. The molecule has 0 unspecified atom stereocenters. The maximum atomic E-state index is 5.37. The van der Waals surface area contributed by atoms with Gasteiger partial charge in [-0.2, -0.15) is 0 Å². The van der Waals surface area contributed by atoms with E-state index in [2.05, 4.69) is 130 Å². The second-order valence-electron chi connectivity index (χ2n) is 12.2. The van der Waals surface area contributed by atoms with Crippen molar-refractivity contribution in [1.29, 1.82) is 0 Å². The van der Waals surface area contributed by atoms with Crippen molar-refractivity contribution in [3.05, 3.63) is 146 Å². The van der Waals surface area contributed by atoms with E-state index in [0.29, 0.717) is 0 Å². The maximum Gasteiger partial charge on any atom is 0.165 e. The first-order chi connectivity index (χ1) is 22.8. The van der Waals surface area contributed by atoms with Crippen molar-refractivity contribution in [2.45, 2.75) is 0 Å². The van der Waals surface area contributed by atoms with Gasteiger partial charge in [0.15, 0.2) is 5.82 Å². The van der Waals surface area contributed by atoms with Crippen LogP contribution in [0.5, 0.6) is 0 Å². The average Bonchev–Trinajstić information content (AvgIpc) is 3.75. The summed E-state index contributed by atoms with van der Waals surface area (Å²) in [4.78, 5) is 10.6. The van der Waals surface area contributed by atoms with Crippen LogP contribution < -0.4 is 0 Å². The highest BCUT2D eigenvalue weighted by atomic mass is 15.1. The molecular weight excluding hydrogens is 560 g/mol. The molecule has 7 aromatic carbocycles. The molecule has 4 aromatic heterocycles. The summed E-state index contributed by atoms with van der Waals surface area (Å²) in [5.74, 6) is 0.835. The monoisotopic (exact) mass is 584 g/mol. The van der Waals surface area contributed by atoms with E-state index in [0.717, 1.165) is 39.1 Å². The molecule has 46 heavy (non-hydrogen) atoms. The van der Waals surface area contributed by atoms with E-state index in [1.165, 1.54) is 59.6 Å². The Bertz CT molecular complexity index is 3020. The standard InChI is InChI=1S/C42H24N4/c1-2-11-25(12-3-1)40-42(44-33-19-8-7-18-32(33)43-40)46-36-22-21-35-38(39(36)31-23-26-13-4-5-14-27(26)24-37(31)46)30-17-10-16-29-28-15-6-9-20-34(28)45(35)41(29)30/h1-24H. The summed E-state index contributed by atoms with van der Waals surface area (Å²) in [6.45, 7) is 0. The largest absolute Gasteiger partial charge is 0.308 e. The van der Waals surface area contributed by atoms with Crippen molar-refractivity contribution >= 4 is 81.7 Å². The van der Waals surface area contributed by atoms with Gasteiger partial charge in [0.25, 0.3) is 0 Å². The van der Waals surface area contributed by atoms with Crippen molar-refractivity contribution in [3.63, 3.8) is 0 Å². The second-order valence-corrected chi connectivity index (χ2v) is 12.2. The molecule has 0 amide bonds. The average molecular weight is 585 g/mol. The van der Waals surface area contributed by atoms with E-state index in [4.69, 9.17) is 9.97 Å². The lowest BCUT2D eigenvalue weighted by atomic mass is 10.0. The van der Waals surface area contributed by atoms with E-state index in [-0.39, 0.29) is 0 Å². The second kappa shape index (κ2) is 8.68. The topological polar surface area (TPSA) is 35.1 Å². The van der Waals surface area contributed by atoms with E-state index in [1.54, 1.807) is 0 Å². The fraction of sp³-hybridized carbons (Fsp3) is 0. The van der Waals surface area contributed by atoms with Gasteiger partial charge in [-0.3, -0.25) is 4.57 Å². The molecule has 0 atom stereocenters. The molecule has 0 spiro atoms. The molecule has 0 saturated carbocycles. The molecule has 0 bridgehead atoms. The number of fused-ring (bicyclic) bond motifs is 12. The van der Waals surface area contributed by atoms with Gasteiger partial charge < -0.3 is 4.40 Å². The molecule has 0 fully saturated rings. The molecular formula is C42H24N4. The van der Waals surface area contributed by atoms with Gasteiger partial charge in [-0.15, -0.1) is 0 Å². The number of para-hydroxylation sites is 4. The number of benzene rings is 7. The summed E-state index contributed by atoms with van der Waals surface area (Å²) in [5, 5.41) is 10.0. The Hall–Kier alpha value is -6.26. The third kappa shape index (κ3) is 3.03. The van der Waals surface area contributed by atoms with Crippen LogP contribution in [0.4, 0.5) is 0 Å². The van der Waals surface area contributed by atoms with Crippen LogP contribution in [0.25, 0.3) is 98.8 Å². The lowest BCUT2D eigenvalue weighted by Gasteiger charge is -2.14. The smallest absolute Gasteiger partial charge is 0.165 e. The first-order valence-corrected chi connectivity index (χ1v) is 15.7. The van der Waals surface area contributed by atoms with Gasteiger partial charge in [0.1, 0.15) is 5.69 Å². The van der Waals surface area contributed by atoms with Crippen LogP contribution in [0, 0.1) is 0 Å². The van der Waals surface area contributed by atoms with E-state index in [9.17, 15) is 0 Å². The molecule has 0 saturated heterocycles. The van der Waals surface area contributed by atoms with Crippen LogP contribution in [0.3, 0.4) is 0 Å². The molecule has 0 aliphatic rings. The number of hydrogen-bond acceptors (Lipinski definition) is 2. The zero-order valence-electron chi connectivity index (χ0n) is 24.6.